The minimum absolute atomic E-state index is 0.654. The molecule has 18 heavy (non-hydrogen) atoms. The van der Waals surface area contributed by atoms with E-state index in [-0.39, 0.29) is 0 Å². The maximum atomic E-state index is 5.84. The van der Waals surface area contributed by atoms with E-state index in [1.54, 1.807) is 6.20 Å². The molecule has 0 bridgehead atoms. The fourth-order valence-corrected chi connectivity index (χ4v) is 1.98. The number of hydrogen-bond acceptors (Lipinski definition) is 3. The number of rotatable bonds is 6. The van der Waals surface area contributed by atoms with Crippen LogP contribution in [0.4, 0.5) is 0 Å². The second-order valence-corrected chi connectivity index (χ2v) is 4.76. The fraction of sp³-hybridized carbons (Fsp3) is 0.462. The zero-order chi connectivity index (χ0) is 13.0. The van der Waals surface area contributed by atoms with Gasteiger partial charge in [-0.15, -0.1) is 0 Å². The molecule has 98 valence electrons. The Kier molecular flexibility index (Phi) is 4.44. The number of hydrogen-bond donors (Lipinski definition) is 1. The molecule has 0 atom stereocenters. The van der Waals surface area contributed by atoms with Crippen LogP contribution in [0.5, 0.6) is 0 Å². The van der Waals surface area contributed by atoms with Gasteiger partial charge in [-0.25, -0.2) is 0 Å². The smallest absolute Gasteiger partial charge is 0.118 e. The Labute approximate surface area is 112 Å². The van der Waals surface area contributed by atoms with E-state index in [0.717, 1.165) is 36.6 Å². The Morgan fingerprint density at radius 1 is 1.50 bits per heavy atom. The van der Waals surface area contributed by atoms with Gasteiger partial charge in [0.05, 0.1) is 24.3 Å². The molecule has 2 aromatic heterocycles. The number of aryl methyl sites for hydroxylation is 1. The van der Waals surface area contributed by atoms with Crippen molar-refractivity contribution in [2.24, 2.45) is 0 Å². The maximum absolute atomic E-state index is 5.84. The van der Waals surface area contributed by atoms with E-state index in [1.807, 2.05) is 17.8 Å². The normalized spacial score (nSPS) is 11.1. The van der Waals surface area contributed by atoms with Crippen molar-refractivity contribution in [2.75, 3.05) is 6.54 Å². The van der Waals surface area contributed by atoms with E-state index < -0.39 is 0 Å². The van der Waals surface area contributed by atoms with Crippen molar-refractivity contribution in [1.29, 1.82) is 0 Å². The van der Waals surface area contributed by atoms with Gasteiger partial charge in [0.2, 0.25) is 0 Å². The molecule has 2 rings (SSSR count). The maximum Gasteiger partial charge on any atom is 0.118 e. The molecule has 0 aliphatic rings. The summed E-state index contributed by atoms with van der Waals surface area (Å²) >= 11 is 5.84. The summed E-state index contributed by atoms with van der Waals surface area (Å²) in [6.45, 7) is 6.59. The molecular formula is C13H18ClN3O. The van der Waals surface area contributed by atoms with E-state index in [0.29, 0.717) is 11.6 Å². The highest BCUT2D eigenvalue weighted by molar-refractivity contribution is 6.30. The highest BCUT2D eigenvalue weighted by atomic mass is 35.5. The summed E-state index contributed by atoms with van der Waals surface area (Å²) in [6.07, 6.45) is 4.57. The molecule has 0 spiro atoms. The first-order valence-electron chi connectivity index (χ1n) is 6.16. The number of furan rings is 1. The lowest BCUT2D eigenvalue weighted by Gasteiger charge is -1.98. The van der Waals surface area contributed by atoms with Crippen LogP contribution in [0.15, 0.2) is 22.9 Å². The van der Waals surface area contributed by atoms with Gasteiger partial charge in [0, 0.05) is 11.8 Å². The van der Waals surface area contributed by atoms with E-state index in [4.69, 9.17) is 16.0 Å². The van der Waals surface area contributed by atoms with Gasteiger partial charge in [-0.05, 0) is 26.0 Å². The SMILES string of the molecule is CCCNCc1cc(Cn2cc(Cl)cn2)c(C)o1. The molecule has 0 saturated carbocycles. The van der Waals surface area contributed by atoms with Crippen LogP contribution in [0, 0.1) is 6.92 Å². The Hall–Kier alpha value is -1.26. The monoisotopic (exact) mass is 267 g/mol. The lowest BCUT2D eigenvalue weighted by molar-refractivity contribution is 0.459. The summed E-state index contributed by atoms with van der Waals surface area (Å²) in [4.78, 5) is 0. The van der Waals surface area contributed by atoms with Gasteiger partial charge in [0.25, 0.3) is 0 Å². The van der Waals surface area contributed by atoms with Crippen LogP contribution in [0.3, 0.4) is 0 Å². The molecule has 1 N–H and O–H groups in total. The van der Waals surface area contributed by atoms with Gasteiger partial charge in [-0.1, -0.05) is 18.5 Å². The van der Waals surface area contributed by atoms with Crippen molar-refractivity contribution in [3.05, 3.63) is 40.6 Å². The average molecular weight is 268 g/mol. The molecule has 4 nitrogen and oxygen atoms in total. The third-order valence-corrected chi connectivity index (χ3v) is 2.93. The largest absolute Gasteiger partial charge is 0.465 e. The van der Waals surface area contributed by atoms with Crippen LogP contribution >= 0.6 is 11.6 Å². The fourth-order valence-electron chi connectivity index (χ4n) is 1.82. The zero-order valence-corrected chi connectivity index (χ0v) is 11.5. The molecule has 0 radical (unpaired) electrons. The summed E-state index contributed by atoms with van der Waals surface area (Å²) < 4.78 is 7.51. The summed E-state index contributed by atoms with van der Waals surface area (Å²) in [5.74, 6) is 1.91. The van der Waals surface area contributed by atoms with E-state index in [9.17, 15) is 0 Å². The first kappa shape index (κ1) is 13.2. The van der Waals surface area contributed by atoms with Crippen LogP contribution < -0.4 is 5.32 Å². The molecule has 2 aromatic rings. The number of nitrogens with zero attached hydrogens (tertiary/aromatic N) is 2. The zero-order valence-electron chi connectivity index (χ0n) is 10.7. The summed E-state index contributed by atoms with van der Waals surface area (Å²) in [7, 11) is 0. The van der Waals surface area contributed by atoms with E-state index in [2.05, 4.69) is 23.4 Å². The van der Waals surface area contributed by atoms with Gasteiger partial charge < -0.3 is 9.73 Å². The molecule has 5 heteroatoms. The van der Waals surface area contributed by atoms with Gasteiger partial charge >= 0.3 is 0 Å². The molecule has 0 saturated heterocycles. The van der Waals surface area contributed by atoms with Gasteiger partial charge in [-0.2, -0.15) is 5.10 Å². The molecule has 0 aromatic carbocycles. The topological polar surface area (TPSA) is 43.0 Å². The first-order chi connectivity index (χ1) is 8.69. The van der Waals surface area contributed by atoms with Crippen LogP contribution in [-0.4, -0.2) is 16.3 Å². The predicted octanol–water partition coefficient (Wildman–Crippen LogP) is 2.99. The minimum atomic E-state index is 0.654. The molecule has 0 aliphatic carbocycles. The average Bonchev–Trinajstić information content (AvgIpc) is 2.88. The third kappa shape index (κ3) is 3.37. The quantitative estimate of drug-likeness (QED) is 0.819. The van der Waals surface area contributed by atoms with Crippen molar-refractivity contribution in [3.63, 3.8) is 0 Å². The summed E-state index contributed by atoms with van der Waals surface area (Å²) in [6, 6.07) is 2.08. The molecule has 0 amide bonds. The van der Waals surface area contributed by atoms with Crippen molar-refractivity contribution in [1.82, 2.24) is 15.1 Å². The highest BCUT2D eigenvalue weighted by Crippen LogP contribution is 2.16. The Morgan fingerprint density at radius 3 is 3.00 bits per heavy atom. The lowest BCUT2D eigenvalue weighted by atomic mass is 10.2. The summed E-state index contributed by atoms with van der Waals surface area (Å²) in [5, 5.41) is 8.14. The number of aromatic nitrogens is 2. The van der Waals surface area contributed by atoms with E-state index in [1.165, 1.54) is 0 Å². The Balaban J connectivity index is 2.00. The van der Waals surface area contributed by atoms with Crippen LogP contribution in [0.25, 0.3) is 0 Å². The number of nitrogens with one attached hydrogen (secondary N) is 1. The van der Waals surface area contributed by atoms with Crippen LogP contribution in [0.2, 0.25) is 5.02 Å². The highest BCUT2D eigenvalue weighted by Gasteiger charge is 2.08. The van der Waals surface area contributed by atoms with Gasteiger partial charge in [0.1, 0.15) is 11.5 Å². The lowest BCUT2D eigenvalue weighted by Crippen LogP contribution is -2.13. The van der Waals surface area contributed by atoms with Crippen LogP contribution in [0.1, 0.15) is 30.4 Å². The Morgan fingerprint density at radius 2 is 2.33 bits per heavy atom. The summed E-state index contributed by atoms with van der Waals surface area (Å²) in [5.41, 5.74) is 1.14. The molecule has 2 heterocycles. The molecule has 0 aliphatic heterocycles. The standard InChI is InChI=1S/C13H18ClN3O/c1-3-4-15-7-13-5-11(10(2)18-13)8-17-9-12(14)6-16-17/h5-6,9,15H,3-4,7-8H2,1-2H3. The second kappa shape index (κ2) is 6.07. The van der Waals surface area contributed by atoms with Gasteiger partial charge in [0.15, 0.2) is 0 Å². The first-order valence-corrected chi connectivity index (χ1v) is 6.53. The molecule has 0 unspecified atom stereocenters. The van der Waals surface area contributed by atoms with Crippen molar-refractivity contribution in [2.45, 2.75) is 33.4 Å². The Bertz CT molecular complexity index is 504. The van der Waals surface area contributed by atoms with Gasteiger partial charge in [-0.3, -0.25) is 4.68 Å². The molecular weight excluding hydrogens is 250 g/mol. The number of halogens is 1. The third-order valence-electron chi connectivity index (χ3n) is 2.73. The minimum Gasteiger partial charge on any atom is -0.465 e. The van der Waals surface area contributed by atoms with Crippen molar-refractivity contribution < 1.29 is 4.42 Å². The van der Waals surface area contributed by atoms with Crippen molar-refractivity contribution >= 4 is 11.6 Å². The second-order valence-electron chi connectivity index (χ2n) is 4.33. The van der Waals surface area contributed by atoms with E-state index >= 15 is 0 Å². The van der Waals surface area contributed by atoms with Crippen molar-refractivity contribution in [3.8, 4) is 0 Å². The van der Waals surface area contributed by atoms with Crippen LogP contribution in [-0.2, 0) is 13.1 Å². The predicted molar refractivity (Wildman–Crippen MR) is 71.8 cm³/mol. The molecule has 0 fully saturated rings.